The van der Waals surface area contributed by atoms with Gasteiger partial charge in [-0.2, -0.15) is 0 Å². The number of carbonyl (C=O) groups excluding carboxylic acids is 1. The molecule has 0 aliphatic heterocycles. The minimum Gasteiger partial charge on any atom is -0.492 e. The van der Waals surface area contributed by atoms with Crippen molar-refractivity contribution in [2.24, 2.45) is 5.92 Å². The smallest absolute Gasteiger partial charge is 0.330 e. The number of benzene rings is 1. The number of aromatic nitrogens is 2. The van der Waals surface area contributed by atoms with Crippen LogP contribution in [0, 0.1) is 5.92 Å². The number of nitrogens with two attached hydrogens (primary N) is 1. The lowest BCUT2D eigenvalue weighted by Gasteiger charge is -2.26. The highest BCUT2D eigenvalue weighted by atomic mass is 16.5. The third-order valence-electron chi connectivity index (χ3n) is 4.74. The van der Waals surface area contributed by atoms with Crippen LogP contribution in [0.2, 0.25) is 0 Å². The third-order valence-corrected chi connectivity index (χ3v) is 4.74. The number of aromatic amines is 1. The molecule has 0 atom stereocenters. The molecule has 0 unspecified atom stereocenters. The Morgan fingerprint density at radius 3 is 2.47 bits per heavy atom. The van der Waals surface area contributed by atoms with Crippen LogP contribution in [0.15, 0.2) is 39.9 Å². The molecule has 10 nitrogen and oxygen atoms in total. The molecule has 0 saturated heterocycles. The third kappa shape index (κ3) is 6.96. The van der Waals surface area contributed by atoms with Crippen LogP contribution in [-0.2, 0) is 16.1 Å². The average Bonchev–Trinajstić information content (AvgIpc) is 2.73. The molecule has 10 heteroatoms. The van der Waals surface area contributed by atoms with Gasteiger partial charge in [-0.05, 0) is 25.1 Å². The van der Waals surface area contributed by atoms with Crippen LogP contribution >= 0.6 is 0 Å². The van der Waals surface area contributed by atoms with Gasteiger partial charge in [0.05, 0.1) is 13.2 Å². The number of nitrogens with zero attached hydrogens (tertiary/aromatic N) is 3. The first-order valence-corrected chi connectivity index (χ1v) is 10.5. The number of anilines is 2. The largest absolute Gasteiger partial charge is 0.492 e. The number of para-hydroxylation sites is 1. The second-order valence-electron chi connectivity index (χ2n) is 7.94. The number of carbonyl (C=O) groups is 1. The van der Waals surface area contributed by atoms with Crippen molar-refractivity contribution in [3.63, 3.8) is 0 Å². The molecule has 1 amide bonds. The first-order valence-electron chi connectivity index (χ1n) is 10.5. The summed E-state index contributed by atoms with van der Waals surface area (Å²) in [4.78, 5) is 43.3. The molecule has 0 radical (unpaired) electrons. The van der Waals surface area contributed by atoms with Gasteiger partial charge in [0.2, 0.25) is 5.91 Å². The highest BCUT2D eigenvalue weighted by Crippen LogP contribution is 2.18. The van der Waals surface area contributed by atoms with Crippen LogP contribution in [0.4, 0.5) is 11.5 Å². The Morgan fingerprint density at radius 2 is 1.84 bits per heavy atom. The molecule has 176 valence electrons. The number of H-pyrrole nitrogens is 1. The molecule has 0 aliphatic rings. The van der Waals surface area contributed by atoms with E-state index in [-0.39, 0.29) is 43.0 Å². The number of nitrogens with one attached hydrogen (secondary N) is 1. The van der Waals surface area contributed by atoms with Gasteiger partial charge in [0, 0.05) is 26.7 Å². The van der Waals surface area contributed by atoms with Gasteiger partial charge in [-0.25, -0.2) is 4.79 Å². The molecule has 0 spiro atoms. The lowest BCUT2D eigenvalue weighted by molar-refractivity contribution is -0.119. The minimum atomic E-state index is -0.702. The van der Waals surface area contributed by atoms with E-state index >= 15 is 0 Å². The molecule has 1 aromatic heterocycles. The maximum absolute atomic E-state index is 13.1. The molecule has 1 aromatic carbocycles. The van der Waals surface area contributed by atoms with Crippen LogP contribution in [0.25, 0.3) is 0 Å². The first-order chi connectivity index (χ1) is 15.2. The normalized spacial score (nSPS) is 11.2. The van der Waals surface area contributed by atoms with Crippen molar-refractivity contribution in [1.29, 1.82) is 0 Å². The van der Waals surface area contributed by atoms with Crippen molar-refractivity contribution in [2.45, 2.75) is 20.4 Å². The molecule has 32 heavy (non-hydrogen) atoms. The van der Waals surface area contributed by atoms with E-state index in [1.165, 1.54) is 16.6 Å². The maximum Gasteiger partial charge on any atom is 0.330 e. The molecule has 0 fully saturated rings. The summed E-state index contributed by atoms with van der Waals surface area (Å²) in [5.74, 6) is 0.497. The topological polar surface area (TPSA) is 123 Å². The number of hydrogen-bond acceptors (Lipinski definition) is 7. The minimum absolute atomic E-state index is 0.0318. The molecule has 1 heterocycles. The fraction of sp³-hybridized carbons (Fsp3) is 0.500. The van der Waals surface area contributed by atoms with E-state index in [4.69, 9.17) is 15.2 Å². The molecular weight excluding hydrogens is 414 g/mol. The highest BCUT2D eigenvalue weighted by molar-refractivity contribution is 5.96. The number of amides is 1. The molecular formula is C22H33N5O5. The second-order valence-corrected chi connectivity index (χ2v) is 7.94. The maximum atomic E-state index is 13.1. The van der Waals surface area contributed by atoms with Crippen molar-refractivity contribution in [3.05, 3.63) is 51.2 Å². The van der Waals surface area contributed by atoms with Crippen LogP contribution in [-0.4, -0.2) is 67.4 Å². The van der Waals surface area contributed by atoms with Crippen molar-refractivity contribution in [3.8, 4) is 5.75 Å². The highest BCUT2D eigenvalue weighted by Gasteiger charge is 2.25. The summed E-state index contributed by atoms with van der Waals surface area (Å²) in [6.07, 6.45) is 0. The van der Waals surface area contributed by atoms with Gasteiger partial charge in [-0.1, -0.05) is 32.0 Å². The van der Waals surface area contributed by atoms with E-state index in [9.17, 15) is 14.4 Å². The lowest BCUT2D eigenvalue weighted by atomic mass is 10.2. The fourth-order valence-electron chi connectivity index (χ4n) is 3.16. The molecule has 3 N–H and O–H groups in total. The van der Waals surface area contributed by atoms with Crippen molar-refractivity contribution in [1.82, 2.24) is 14.5 Å². The molecule has 0 saturated carbocycles. The van der Waals surface area contributed by atoms with Crippen molar-refractivity contribution < 1.29 is 14.3 Å². The van der Waals surface area contributed by atoms with Crippen molar-refractivity contribution in [2.75, 3.05) is 57.6 Å². The summed E-state index contributed by atoms with van der Waals surface area (Å²) in [5, 5.41) is 0. The van der Waals surface area contributed by atoms with Gasteiger partial charge in [-0.3, -0.25) is 24.0 Å². The van der Waals surface area contributed by atoms with E-state index < -0.39 is 11.2 Å². The lowest BCUT2D eigenvalue weighted by Crippen LogP contribution is -2.46. The zero-order chi connectivity index (χ0) is 23.7. The summed E-state index contributed by atoms with van der Waals surface area (Å²) >= 11 is 0. The number of likely N-dealkylation sites (N-methyl/N-ethyl adjacent to an activating group) is 1. The Balaban J connectivity index is 2.17. The fourth-order valence-corrected chi connectivity index (χ4v) is 3.16. The Kier molecular flexibility index (Phi) is 9.48. The van der Waals surface area contributed by atoms with Gasteiger partial charge in [0.25, 0.3) is 5.56 Å². The first kappa shape index (κ1) is 25.2. The summed E-state index contributed by atoms with van der Waals surface area (Å²) in [7, 11) is 3.29. The van der Waals surface area contributed by atoms with Gasteiger partial charge in [0.15, 0.2) is 5.69 Å². The SMILES string of the molecule is COCCN(C(=O)CN(C)CCOc1ccccc1)c1c(N)n(CC(C)C)c(=O)[nH]c1=O. The quantitative estimate of drug-likeness (QED) is 0.492. The second kappa shape index (κ2) is 12.1. The van der Waals surface area contributed by atoms with Crippen LogP contribution < -0.4 is 26.6 Å². The van der Waals surface area contributed by atoms with Gasteiger partial charge in [-0.15, -0.1) is 0 Å². The number of ether oxygens (including phenoxy) is 2. The number of rotatable bonds is 12. The Bertz CT molecular complexity index is 986. The number of hydrogen-bond donors (Lipinski definition) is 2. The zero-order valence-corrected chi connectivity index (χ0v) is 19.2. The molecule has 2 rings (SSSR count). The predicted octanol–water partition coefficient (Wildman–Crippen LogP) is 0.765. The standard InChI is InChI=1S/C22H33N5O5/c1-16(2)14-27-20(23)19(21(29)24-22(27)30)26(11-12-31-4)18(28)15-25(3)10-13-32-17-8-6-5-7-9-17/h5-9,16H,10-15,23H2,1-4H3,(H,24,29,30). The Labute approximate surface area is 187 Å². The summed E-state index contributed by atoms with van der Waals surface area (Å²) in [6.45, 7) is 5.42. The zero-order valence-electron chi connectivity index (χ0n) is 19.2. The van der Waals surface area contributed by atoms with Gasteiger partial charge < -0.3 is 20.1 Å². The van der Waals surface area contributed by atoms with Crippen LogP contribution in [0.3, 0.4) is 0 Å². The monoisotopic (exact) mass is 447 g/mol. The number of nitrogen functional groups attached to an aromatic ring is 1. The van der Waals surface area contributed by atoms with Crippen LogP contribution in [0.5, 0.6) is 5.75 Å². The predicted molar refractivity (Wildman–Crippen MR) is 124 cm³/mol. The van der Waals surface area contributed by atoms with E-state index in [0.717, 1.165) is 5.75 Å². The Morgan fingerprint density at radius 1 is 1.16 bits per heavy atom. The average molecular weight is 448 g/mol. The summed E-state index contributed by atoms with van der Waals surface area (Å²) in [6, 6.07) is 9.40. The van der Waals surface area contributed by atoms with E-state index in [1.54, 1.807) is 11.9 Å². The number of methoxy groups -OCH3 is 1. The summed E-state index contributed by atoms with van der Waals surface area (Å²) < 4.78 is 12.1. The van der Waals surface area contributed by atoms with Gasteiger partial charge in [0.1, 0.15) is 18.2 Å². The Hall–Kier alpha value is -3.11. The molecule has 2 aromatic rings. The summed E-state index contributed by atoms with van der Waals surface area (Å²) in [5.41, 5.74) is 4.85. The van der Waals surface area contributed by atoms with Crippen LogP contribution in [0.1, 0.15) is 13.8 Å². The van der Waals surface area contributed by atoms with Crippen molar-refractivity contribution >= 4 is 17.4 Å². The van der Waals surface area contributed by atoms with E-state index in [0.29, 0.717) is 19.7 Å². The van der Waals surface area contributed by atoms with E-state index in [2.05, 4.69) is 4.98 Å². The van der Waals surface area contributed by atoms with Gasteiger partial charge >= 0.3 is 5.69 Å². The van der Waals surface area contributed by atoms with E-state index in [1.807, 2.05) is 44.2 Å². The molecule has 0 aliphatic carbocycles. The molecule has 0 bridgehead atoms.